The predicted molar refractivity (Wildman–Crippen MR) is 91.8 cm³/mol. The zero-order valence-electron chi connectivity index (χ0n) is 15.1. The number of thiocarbonyl (C=S) groups is 1. The van der Waals surface area contributed by atoms with E-state index in [0.717, 1.165) is 4.90 Å². The third kappa shape index (κ3) is 5.01. The molecule has 9 nitrogen and oxygen atoms in total. The summed E-state index contributed by atoms with van der Waals surface area (Å²) in [5.41, 5.74) is 0.0134. The summed E-state index contributed by atoms with van der Waals surface area (Å²) in [6.45, 7) is 0.989. The molecule has 0 radical (unpaired) electrons. The maximum Gasteiger partial charge on any atom is 1.00 e. The van der Waals surface area contributed by atoms with Crippen LogP contribution in [0.3, 0.4) is 0 Å². The van der Waals surface area contributed by atoms with Gasteiger partial charge in [0, 0.05) is 31.1 Å². The zero-order chi connectivity index (χ0) is 19.4. The van der Waals surface area contributed by atoms with Crippen molar-refractivity contribution < 1.29 is 58.6 Å². The number of carbonyl (C=O) groups is 3. The van der Waals surface area contributed by atoms with E-state index in [-0.39, 0.29) is 65.4 Å². The Hall–Kier alpha value is -1.16. The van der Waals surface area contributed by atoms with Crippen LogP contribution in [0.25, 0.3) is 0 Å². The van der Waals surface area contributed by atoms with Gasteiger partial charge in [0.2, 0.25) is 0 Å². The maximum absolute atomic E-state index is 12.6. The molecule has 2 atom stereocenters. The number of carboxylic acid groups (broad SMARTS) is 1. The van der Waals surface area contributed by atoms with E-state index in [1.165, 1.54) is 30.9 Å². The van der Waals surface area contributed by atoms with Crippen molar-refractivity contribution in [2.45, 2.75) is 31.2 Å². The average Bonchev–Trinajstić information content (AvgIpc) is 2.60. The summed E-state index contributed by atoms with van der Waals surface area (Å²) < 4.78 is 4.86. The van der Waals surface area contributed by atoms with Gasteiger partial charge in [-0.25, -0.2) is 5.06 Å². The van der Waals surface area contributed by atoms with Crippen LogP contribution >= 0.6 is 24.0 Å². The van der Waals surface area contributed by atoms with Crippen LogP contribution in [-0.4, -0.2) is 63.7 Å². The van der Waals surface area contributed by atoms with Gasteiger partial charge in [-0.2, -0.15) is 5.26 Å². The summed E-state index contributed by atoms with van der Waals surface area (Å²) >= 11 is 6.52. The first-order chi connectivity index (χ1) is 12.3. The van der Waals surface area contributed by atoms with Crippen molar-refractivity contribution in [3.05, 3.63) is 11.3 Å². The molecule has 0 aromatic heterocycles. The fourth-order valence-electron chi connectivity index (χ4n) is 2.68. The average molecular weight is 421 g/mol. The number of nitriles is 1. The van der Waals surface area contributed by atoms with Gasteiger partial charge in [-0.1, -0.05) is 12.2 Å². The molecule has 1 saturated heterocycles. The molecular formula is C15H16N3NaO6S2. The Kier molecular flexibility index (Phi) is 9.20. The molecule has 12 heteroatoms. The van der Waals surface area contributed by atoms with Gasteiger partial charge in [-0.3, -0.25) is 19.3 Å². The van der Waals surface area contributed by atoms with Crippen LogP contribution in [0.5, 0.6) is 0 Å². The van der Waals surface area contributed by atoms with Crippen molar-refractivity contribution in [1.82, 2.24) is 9.96 Å². The maximum atomic E-state index is 12.6. The molecule has 27 heavy (non-hydrogen) atoms. The largest absolute Gasteiger partial charge is 1.00 e. The fourth-order valence-corrected chi connectivity index (χ4v) is 4.33. The first-order valence-electron chi connectivity index (χ1n) is 7.58. The van der Waals surface area contributed by atoms with Crippen molar-refractivity contribution in [2.24, 2.45) is 0 Å². The molecule has 2 heterocycles. The second-order valence-corrected chi connectivity index (χ2v) is 7.01. The normalized spacial score (nSPS) is 20.6. The second kappa shape index (κ2) is 10.4. The van der Waals surface area contributed by atoms with E-state index in [4.69, 9.17) is 27.1 Å². The number of carbonyl (C=O) groups excluding carboxylic acids is 3. The van der Waals surface area contributed by atoms with Crippen molar-refractivity contribution >= 4 is 46.8 Å². The quantitative estimate of drug-likeness (QED) is 0.134. The van der Waals surface area contributed by atoms with Crippen LogP contribution in [0.4, 0.5) is 0 Å². The van der Waals surface area contributed by atoms with Gasteiger partial charge in [0.1, 0.15) is 17.0 Å². The Labute approximate surface area is 187 Å². The number of hydrogen-bond acceptors (Lipinski definition) is 9. The second-order valence-electron chi connectivity index (χ2n) is 5.43. The molecule has 2 aliphatic rings. The summed E-state index contributed by atoms with van der Waals surface area (Å²) in [6.07, 6.45) is 0.430. The molecule has 0 saturated carbocycles. The Morgan fingerprint density at radius 2 is 2.19 bits per heavy atom. The summed E-state index contributed by atoms with van der Waals surface area (Å²) in [7, 11) is 1.35. The molecule has 140 valence electrons. The van der Waals surface area contributed by atoms with Gasteiger partial charge in [0.15, 0.2) is 6.04 Å². The fraction of sp³-hybridized carbons (Fsp3) is 0.533. The topological polar surface area (TPSA) is 123 Å². The Morgan fingerprint density at radius 1 is 1.52 bits per heavy atom. The standard InChI is InChI=1S/C15H17N3O6S2.Na/c1-8(19)24-6-9-7-26-14-12(13(20)17(14)11(9)15(21)22)18(23-2)10(25)4-3-5-16;/h12,14H,3-4,6-7H2,1-2H3,(H,21,22);/q;+1/p-1/t12?,14-;/m0./s1. The van der Waals surface area contributed by atoms with Crippen molar-refractivity contribution in [2.75, 3.05) is 19.5 Å². The number of amides is 1. The molecule has 0 bridgehead atoms. The van der Waals surface area contributed by atoms with Gasteiger partial charge in [0.05, 0.1) is 24.8 Å². The van der Waals surface area contributed by atoms with Crippen LogP contribution in [0.15, 0.2) is 11.3 Å². The van der Waals surface area contributed by atoms with E-state index in [1.54, 1.807) is 0 Å². The van der Waals surface area contributed by atoms with Gasteiger partial charge >= 0.3 is 35.5 Å². The van der Waals surface area contributed by atoms with Crippen molar-refractivity contribution in [1.29, 1.82) is 5.26 Å². The van der Waals surface area contributed by atoms with Crippen LogP contribution in [0.1, 0.15) is 19.8 Å². The molecule has 0 spiro atoms. The monoisotopic (exact) mass is 421 g/mol. The van der Waals surface area contributed by atoms with Crippen molar-refractivity contribution in [3.63, 3.8) is 0 Å². The summed E-state index contributed by atoms with van der Waals surface area (Å²) in [5, 5.41) is 20.9. The Balaban J connectivity index is 0.00000364. The number of ether oxygens (including phenoxy) is 1. The van der Waals surface area contributed by atoms with Gasteiger partial charge in [0.25, 0.3) is 5.91 Å². The summed E-state index contributed by atoms with van der Waals surface area (Å²) in [4.78, 5) is 41.7. The smallest absolute Gasteiger partial charge is 0.543 e. The zero-order valence-corrected chi connectivity index (χ0v) is 18.7. The third-order valence-electron chi connectivity index (χ3n) is 3.81. The molecule has 1 unspecified atom stereocenters. The predicted octanol–water partition coefficient (Wildman–Crippen LogP) is -3.66. The molecule has 1 fully saturated rings. The van der Waals surface area contributed by atoms with Crippen molar-refractivity contribution in [3.8, 4) is 6.07 Å². The first kappa shape index (κ1) is 23.9. The molecule has 0 aliphatic carbocycles. The molecule has 2 rings (SSSR count). The minimum Gasteiger partial charge on any atom is -0.543 e. The number of nitrogens with zero attached hydrogens (tertiary/aromatic N) is 3. The summed E-state index contributed by atoms with van der Waals surface area (Å²) in [5.74, 6) is -2.32. The number of carboxylic acids is 1. The van der Waals surface area contributed by atoms with E-state index >= 15 is 0 Å². The minimum atomic E-state index is -1.51. The van der Waals surface area contributed by atoms with Crippen LogP contribution in [-0.2, 0) is 24.0 Å². The van der Waals surface area contributed by atoms with Crippen LogP contribution in [0.2, 0.25) is 0 Å². The molecule has 1 amide bonds. The van der Waals surface area contributed by atoms with Gasteiger partial charge < -0.3 is 14.6 Å². The van der Waals surface area contributed by atoms with Gasteiger partial charge in [-0.15, -0.1) is 11.8 Å². The van der Waals surface area contributed by atoms with E-state index in [1.807, 2.05) is 6.07 Å². The SMILES string of the molecule is CON(C(=S)CCC#N)C1C(=O)N2C(C(=O)[O-])=C(COC(C)=O)CS[C@@H]12.[Na+]. The van der Waals surface area contributed by atoms with E-state index in [2.05, 4.69) is 0 Å². The van der Waals surface area contributed by atoms with Crippen LogP contribution in [0, 0.1) is 11.3 Å². The summed E-state index contributed by atoms with van der Waals surface area (Å²) in [6, 6.07) is 1.17. The van der Waals surface area contributed by atoms with E-state index < -0.39 is 29.3 Å². The Morgan fingerprint density at radius 3 is 2.70 bits per heavy atom. The minimum absolute atomic E-state index is 0. The molecule has 0 N–H and O–H groups in total. The van der Waals surface area contributed by atoms with E-state index in [0.29, 0.717) is 5.57 Å². The van der Waals surface area contributed by atoms with Gasteiger partial charge in [-0.05, 0) is 0 Å². The van der Waals surface area contributed by atoms with Crippen LogP contribution < -0.4 is 34.7 Å². The number of thioether (sulfide) groups is 1. The number of hydroxylamine groups is 2. The van der Waals surface area contributed by atoms with E-state index in [9.17, 15) is 19.5 Å². The third-order valence-corrected chi connectivity index (χ3v) is 5.52. The number of hydrogen-bond donors (Lipinski definition) is 0. The Bertz CT molecular complexity index is 723. The molecule has 0 aromatic rings. The number of fused-ring (bicyclic) bond motifs is 1. The molecule has 0 aromatic carbocycles. The molecular weight excluding hydrogens is 405 g/mol. The number of β-lactam (4-membered cyclic amide) rings is 1. The first-order valence-corrected chi connectivity index (χ1v) is 9.03. The number of aliphatic carboxylic acids is 1. The number of rotatable bonds is 7. The number of esters is 1. The molecule has 2 aliphatic heterocycles.